The smallest absolute Gasteiger partial charge is 0.103 e. The third-order valence-electron chi connectivity index (χ3n) is 5.90. The van der Waals surface area contributed by atoms with Gasteiger partial charge in [-0.05, 0) is 55.0 Å². The summed E-state index contributed by atoms with van der Waals surface area (Å²) in [4.78, 5) is 9.83. The van der Waals surface area contributed by atoms with Crippen LogP contribution in [0.15, 0.2) is 35.5 Å². The molecule has 2 aliphatic carbocycles. The molecule has 1 aromatic carbocycles. The van der Waals surface area contributed by atoms with Crippen molar-refractivity contribution in [3.8, 4) is 11.3 Å². The number of nitrogens with one attached hydrogen (secondary N) is 2. The van der Waals surface area contributed by atoms with Crippen LogP contribution in [-0.4, -0.2) is 27.6 Å². The number of aliphatic imine (C=N–C) groups is 1. The second-order valence-electron chi connectivity index (χ2n) is 7.37. The zero-order chi connectivity index (χ0) is 17.1. The molecule has 128 valence electrons. The molecule has 3 aromatic rings. The van der Waals surface area contributed by atoms with Gasteiger partial charge >= 0.3 is 0 Å². The Labute approximate surface area is 151 Å². The largest absolute Gasteiger partial charge is 0.368 e. The lowest BCUT2D eigenvalue weighted by molar-refractivity contribution is 0.604. The quantitative estimate of drug-likeness (QED) is 0.711. The minimum atomic E-state index is 0.180. The van der Waals surface area contributed by atoms with E-state index in [2.05, 4.69) is 45.9 Å². The van der Waals surface area contributed by atoms with Crippen molar-refractivity contribution in [1.82, 2.24) is 20.5 Å². The van der Waals surface area contributed by atoms with Crippen LogP contribution in [0.3, 0.4) is 0 Å². The second-order valence-corrected chi connectivity index (χ2v) is 7.37. The van der Waals surface area contributed by atoms with Crippen molar-refractivity contribution >= 4 is 23.3 Å². The summed E-state index contributed by atoms with van der Waals surface area (Å²) in [5.74, 6) is 0. The maximum atomic E-state index is 5.13. The van der Waals surface area contributed by atoms with Crippen molar-refractivity contribution in [3.63, 3.8) is 0 Å². The fraction of sp³-hybridized carbons (Fsp3) is 0.286. The molecule has 3 aliphatic rings. The Morgan fingerprint density at radius 2 is 2.00 bits per heavy atom. The van der Waals surface area contributed by atoms with Gasteiger partial charge in [-0.25, -0.2) is 4.98 Å². The van der Waals surface area contributed by atoms with Gasteiger partial charge in [-0.2, -0.15) is 5.10 Å². The molecule has 3 heterocycles. The van der Waals surface area contributed by atoms with Gasteiger partial charge in [0.05, 0.1) is 35.5 Å². The first kappa shape index (κ1) is 14.2. The van der Waals surface area contributed by atoms with E-state index in [1.165, 1.54) is 35.1 Å². The molecule has 2 unspecified atom stereocenters. The third kappa shape index (κ3) is 1.94. The van der Waals surface area contributed by atoms with Crippen LogP contribution < -0.4 is 5.32 Å². The van der Waals surface area contributed by atoms with Crippen LogP contribution in [-0.2, 0) is 12.8 Å². The molecule has 6 rings (SSSR count). The number of aromatic amines is 1. The number of H-pyrrole nitrogens is 1. The van der Waals surface area contributed by atoms with Gasteiger partial charge in [-0.3, -0.25) is 10.1 Å². The Balaban J connectivity index is 1.61. The zero-order valence-electron chi connectivity index (χ0n) is 14.4. The summed E-state index contributed by atoms with van der Waals surface area (Å²) < 4.78 is 0. The van der Waals surface area contributed by atoms with Gasteiger partial charge in [-0.15, -0.1) is 0 Å². The summed E-state index contributed by atoms with van der Waals surface area (Å²) in [5.41, 5.74) is 8.74. The van der Waals surface area contributed by atoms with Gasteiger partial charge < -0.3 is 5.32 Å². The molecular weight excluding hydrogens is 322 g/mol. The van der Waals surface area contributed by atoms with E-state index in [-0.39, 0.29) is 12.1 Å². The molecule has 0 saturated heterocycles. The molecule has 0 saturated carbocycles. The van der Waals surface area contributed by atoms with Crippen molar-refractivity contribution in [2.24, 2.45) is 4.99 Å². The maximum Gasteiger partial charge on any atom is 0.103 e. The summed E-state index contributed by atoms with van der Waals surface area (Å²) in [7, 11) is 0. The van der Waals surface area contributed by atoms with Gasteiger partial charge in [0.15, 0.2) is 0 Å². The fourth-order valence-electron chi connectivity index (χ4n) is 4.66. The summed E-state index contributed by atoms with van der Waals surface area (Å²) in [6.07, 6.45) is 12.8. The number of hydrogen-bond acceptors (Lipinski definition) is 4. The minimum Gasteiger partial charge on any atom is -0.368 e. The third-order valence-corrected chi connectivity index (χ3v) is 5.90. The fourth-order valence-corrected chi connectivity index (χ4v) is 4.66. The lowest BCUT2D eigenvalue weighted by Crippen LogP contribution is -2.29. The van der Waals surface area contributed by atoms with E-state index in [0.717, 1.165) is 35.1 Å². The summed E-state index contributed by atoms with van der Waals surface area (Å²) in [5, 5.41) is 11.7. The predicted molar refractivity (Wildman–Crippen MR) is 103 cm³/mol. The summed E-state index contributed by atoms with van der Waals surface area (Å²) in [6, 6.07) is 6.93. The van der Waals surface area contributed by atoms with E-state index >= 15 is 0 Å². The monoisotopic (exact) mass is 341 g/mol. The maximum absolute atomic E-state index is 5.13. The first-order valence-corrected chi connectivity index (χ1v) is 9.33. The Hall–Kier alpha value is -2.95. The number of benzene rings is 1. The number of rotatable bonds is 1. The molecule has 0 bridgehead atoms. The van der Waals surface area contributed by atoms with Crippen LogP contribution in [0.25, 0.3) is 28.2 Å². The highest BCUT2D eigenvalue weighted by Crippen LogP contribution is 2.41. The molecule has 0 spiro atoms. The normalized spacial score (nSPS) is 22.8. The topological polar surface area (TPSA) is 66.0 Å². The number of fused-ring (bicyclic) bond motifs is 6. The van der Waals surface area contributed by atoms with Gasteiger partial charge in [0.25, 0.3) is 0 Å². The number of aromatic nitrogens is 3. The Morgan fingerprint density at radius 3 is 2.96 bits per heavy atom. The molecule has 2 aromatic heterocycles. The first-order chi connectivity index (χ1) is 12.9. The van der Waals surface area contributed by atoms with Crippen molar-refractivity contribution in [2.45, 2.75) is 37.8 Å². The van der Waals surface area contributed by atoms with Crippen molar-refractivity contribution in [1.29, 1.82) is 0 Å². The number of nitrogens with zero attached hydrogens (tertiary/aromatic N) is 3. The van der Waals surface area contributed by atoms with Crippen molar-refractivity contribution < 1.29 is 0 Å². The predicted octanol–water partition coefficient (Wildman–Crippen LogP) is 3.57. The Bertz CT molecular complexity index is 1090. The molecule has 2 atom stereocenters. The van der Waals surface area contributed by atoms with Gasteiger partial charge in [0.1, 0.15) is 6.04 Å². The van der Waals surface area contributed by atoms with Crippen LogP contribution >= 0.6 is 0 Å². The average molecular weight is 341 g/mol. The van der Waals surface area contributed by atoms with Gasteiger partial charge in [0.2, 0.25) is 0 Å². The van der Waals surface area contributed by atoms with Crippen LogP contribution in [0.5, 0.6) is 0 Å². The van der Waals surface area contributed by atoms with Crippen molar-refractivity contribution in [2.75, 3.05) is 0 Å². The van der Waals surface area contributed by atoms with Crippen LogP contribution in [0.2, 0.25) is 0 Å². The lowest BCUT2D eigenvalue weighted by atomic mass is 9.80. The molecule has 0 radical (unpaired) electrons. The average Bonchev–Trinajstić information content (AvgIpc) is 3.35. The molecule has 1 aliphatic heterocycles. The van der Waals surface area contributed by atoms with E-state index in [1.54, 1.807) is 0 Å². The Morgan fingerprint density at radius 1 is 1.08 bits per heavy atom. The second kappa shape index (κ2) is 5.27. The molecule has 0 fully saturated rings. The highest BCUT2D eigenvalue weighted by molar-refractivity contribution is 5.84. The summed E-state index contributed by atoms with van der Waals surface area (Å²) >= 11 is 0. The van der Waals surface area contributed by atoms with E-state index in [9.17, 15) is 0 Å². The molecule has 5 heteroatoms. The highest BCUT2D eigenvalue weighted by Gasteiger charge is 2.34. The first-order valence-electron chi connectivity index (χ1n) is 9.33. The molecule has 2 N–H and O–H groups in total. The molecule has 5 nitrogen and oxygen atoms in total. The van der Waals surface area contributed by atoms with E-state index in [0.29, 0.717) is 0 Å². The van der Waals surface area contributed by atoms with E-state index < -0.39 is 0 Å². The van der Waals surface area contributed by atoms with Crippen LogP contribution in [0.4, 0.5) is 0 Å². The molecular formula is C21H19N5. The minimum absolute atomic E-state index is 0.180. The van der Waals surface area contributed by atoms with Gasteiger partial charge in [0, 0.05) is 16.5 Å². The molecule has 26 heavy (non-hydrogen) atoms. The number of pyridine rings is 1. The van der Waals surface area contributed by atoms with Crippen LogP contribution in [0.1, 0.15) is 41.3 Å². The van der Waals surface area contributed by atoms with Gasteiger partial charge in [-0.1, -0.05) is 12.1 Å². The Kier molecular flexibility index (Phi) is 2.89. The summed E-state index contributed by atoms with van der Waals surface area (Å²) in [6.45, 7) is 0. The van der Waals surface area contributed by atoms with E-state index in [1.807, 2.05) is 12.5 Å². The molecule has 0 amide bonds. The zero-order valence-corrected chi connectivity index (χ0v) is 14.4. The lowest BCUT2D eigenvalue weighted by Gasteiger charge is -2.29. The standard InChI is InChI=1S/C21H19N5/c1-2-4-15-14(3-1)19-17(7-8-18-21(19)23-11-22-18)25-20(15)12-5-6-16-13(9-12)10-24-26-16/h5-11,18,21H,1-4H2,(H,22,23)(H,24,26). The van der Waals surface area contributed by atoms with Crippen molar-refractivity contribution in [3.05, 3.63) is 52.9 Å². The van der Waals surface area contributed by atoms with Crippen LogP contribution in [0, 0.1) is 0 Å². The number of hydrogen-bond donors (Lipinski definition) is 2. The van der Waals surface area contributed by atoms with E-state index in [4.69, 9.17) is 9.98 Å². The SMILES string of the molecule is C1=CC2NC=NC2c2c1nc(-c1ccc3[nH]ncc3c1)c1c2CCCC1. The highest BCUT2D eigenvalue weighted by atomic mass is 15.1.